The molecule has 2 aromatic rings. The molecule has 9 heteroatoms. The molecule has 36 heavy (non-hydrogen) atoms. The Morgan fingerprint density at radius 3 is 2.42 bits per heavy atom. The van der Waals surface area contributed by atoms with E-state index in [0.717, 1.165) is 63.4 Å². The fourth-order valence-corrected chi connectivity index (χ4v) is 5.20. The van der Waals surface area contributed by atoms with Crippen LogP contribution in [0.1, 0.15) is 61.6 Å². The van der Waals surface area contributed by atoms with Crippen molar-refractivity contribution in [3.63, 3.8) is 0 Å². The Morgan fingerprint density at radius 1 is 1.17 bits per heavy atom. The van der Waals surface area contributed by atoms with Gasteiger partial charge in [-0.3, -0.25) is 9.69 Å². The zero-order valence-corrected chi connectivity index (χ0v) is 22.0. The number of anilines is 3. The number of piperazine rings is 1. The van der Waals surface area contributed by atoms with Gasteiger partial charge in [0.05, 0.1) is 11.9 Å². The van der Waals surface area contributed by atoms with Crippen LogP contribution in [0, 0.1) is 5.41 Å². The summed E-state index contributed by atoms with van der Waals surface area (Å²) in [5.41, 5.74) is 2.38. The molecule has 1 aliphatic carbocycles. The molecule has 0 aromatic carbocycles. The minimum Gasteiger partial charge on any atom is -0.368 e. The van der Waals surface area contributed by atoms with E-state index in [1.165, 1.54) is 6.21 Å². The summed E-state index contributed by atoms with van der Waals surface area (Å²) >= 11 is 0. The van der Waals surface area contributed by atoms with Crippen molar-refractivity contribution in [2.75, 3.05) is 55.8 Å². The van der Waals surface area contributed by atoms with Crippen molar-refractivity contribution in [1.29, 1.82) is 5.41 Å². The smallest absolute Gasteiger partial charge is 0.270 e. The normalized spacial score (nSPS) is 16.9. The van der Waals surface area contributed by atoms with E-state index in [2.05, 4.69) is 56.5 Å². The van der Waals surface area contributed by atoms with E-state index in [0.29, 0.717) is 28.9 Å². The molecule has 194 valence electrons. The molecule has 1 amide bonds. The fourth-order valence-electron chi connectivity index (χ4n) is 5.20. The van der Waals surface area contributed by atoms with Crippen LogP contribution < -0.4 is 15.5 Å². The van der Waals surface area contributed by atoms with Gasteiger partial charge in [0, 0.05) is 64.1 Å². The predicted molar refractivity (Wildman–Crippen MR) is 147 cm³/mol. The molecule has 3 heterocycles. The van der Waals surface area contributed by atoms with Crippen molar-refractivity contribution >= 4 is 29.4 Å². The number of nitrogens with zero attached hydrogens (tertiary/aromatic N) is 5. The van der Waals surface area contributed by atoms with Gasteiger partial charge >= 0.3 is 0 Å². The van der Waals surface area contributed by atoms with Gasteiger partial charge in [-0.25, -0.2) is 4.98 Å². The molecule has 1 saturated heterocycles. The Bertz CT molecular complexity index is 1070. The molecular weight excluding hydrogens is 452 g/mol. The van der Waals surface area contributed by atoms with Crippen molar-refractivity contribution in [3.8, 4) is 0 Å². The second kappa shape index (κ2) is 11.2. The lowest BCUT2D eigenvalue weighted by atomic mass is 10.2. The lowest BCUT2D eigenvalue weighted by Crippen LogP contribution is -2.48. The van der Waals surface area contributed by atoms with Crippen molar-refractivity contribution in [1.82, 2.24) is 19.4 Å². The Hall–Kier alpha value is -3.33. The maximum atomic E-state index is 12.9. The number of hydrogen-bond donors (Lipinski definition) is 3. The SMILES string of the molecule is C=C(Nc1ccc(N2CCN(C(C)C)CC2)cn1)Nc1c(C=N)cc(C(=O)N(C)C)n1C1CCCC1. The third-order valence-corrected chi connectivity index (χ3v) is 7.24. The Labute approximate surface area is 214 Å². The van der Waals surface area contributed by atoms with Gasteiger partial charge in [0.1, 0.15) is 23.2 Å². The van der Waals surface area contributed by atoms with Gasteiger partial charge in [0.25, 0.3) is 5.91 Å². The highest BCUT2D eigenvalue weighted by Crippen LogP contribution is 2.36. The van der Waals surface area contributed by atoms with Crippen molar-refractivity contribution in [2.45, 2.75) is 51.6 Å². The molecule has 0 unspecified atom stereocenters. The van der Waals surface area contributed by atoms with Gasteiger partial charge in [-0.15, -0.1) is 0 Å². The first-order chi connectivity index (χ1) is 17.3. The summed E-state index contributed by atoms with van der Waals surface area (Å²) in [6.45, 7) is 12.8. The fraction of sp³-hybridized carbons (Fsp3) is 0.519. The van der Waals surface area contributed by atoms with Gasteiger partial charge in [0.15, 0.2) is 0 Å². The number of pyridine rings is 1. The standard InChI is InChI=1S/C27H40N8O/c1-19(2)33-12-14-34(15-13-33)23-10-11-25(29-18-23)30-20(3)31-26-21(17-28)16-24(27(36)32(4)5)35(26)22-8-6-7-9-22/h10-11,16-19,22,28,31H,3,6-9,12-15H2,1-2,4-5H3,(H,29,30). The summed E-state index contributed by atoms with van der Waals surface area (Å²) in [5, 5.41) is 14.6. The summed E-state index contributed by atoms with van der Waals surface area (Å²) in [5.74, 6) is 1.89. The molecule has 2 aromatic heterocycles. The molecule has 9 nitrogen and oxygen atoms in total. The minimum atomic E-state index is -0.0666. The monoisotopic (exact) mass is 492 g/mol. The average molecular weight is 493 g/mol. The second-order valence-corrected chi connectivity index (χ2v) is 10.2. The molecule has 1 aliphatic heterocycles. The van der Waals surface area contributed by atoms with Gasteiger partial charge in [0.2, 0.25) is 0 Å². The molecule has 2 aliphatic rings. The summed E-state index contributed by atoms with van der Waals surface area (Å²) < 4.78 is 2.07. The van der Waals surface area contributed by atoms with E-state index in [9.17, 15) is 4.79 Å². The molecule has 0 atom stereocenters. The summed E-state index contributed by atoms with van der Waals surface area (Å²) in [4.78, 5) is 24.0. The molecule has 0 bridgehead atoms. The quantitative estimate of drug-likeness (QED) is 0.454. The van der Waals surface area contributed by atoms with Gasteiger partial charge in [-0.1, -0.05) is 19.4 Å². The third kappa shape index (κ3) is 5.56. The first-order valence-electron chi connectivity index (χ1n) is 12.9. The highest BCUT2D eigenvalue weighted by Gasteiger charge is 2.28. The van der Waals surface area contributed by atoms with E-state index in [1.54, 1.807) is 25.1 Å². The van der Waals surface area contributed by atoms with Crippen LogP contribution in [-0.2, 0) is 0 Å². The van der Waals surface area contributed by atoms with Crippen LogP contribution >= 0.6 is 0 Å². The molecule has 3 N–H and O–H groups in total. The van der Waals surface area contributed by atoms with Crippen LogP contribution in [0.5, 0.6) is 0 Å². The molecular formula is C27H40N8O. The molecule has 4 rings (SSSR count). The minimum absolute atomic E-state index is 0.0666. The number of aromatic nitrogens is 2. The van der Waals surface area contributed by atoms with E-state index in [1.807, 2.05) is 12.3 Å². The first-order valence-corrected chi connectivity index (χ1v) is 12.9. The lowest BCUT2D eigenvalue weighted by molar-refractivity contribution is 0.0815. The highest BCUT2D eigenvalue weighted by atomic mass is 16.2. The van der Waals surface area contributed by atoms with E-state index < -0.39 is 0 Å². The average Bonchev–Trinajstić information content (AvgIpc) is 3.52. The van der Waals surface area contributed by atoms with Crippen LogP contribution in [0.15, 0.2) is 36.8 Å². The van der Waals surface area contributed by atoms with Gasteiger partial charge < -0.3 is 30.4 Å². The predicted octanol–water partition coefficient (Wildman–Crippen LogP) is 4.22. The van der Waals surface area contributed by atoms with Crippen LogP contribution in [0.25, 0.3) is 0 Å². The van der Waals surface area contributed by atoms with Crippen LogP contribution in [0.3, 0.4) is 0 Å². The Morgan fingerprint density at radius 2 is 1.86 bits per heavy atom. The van der Waals surface area contributed by atoms with Crippen LogP contribution in [-0.4, -0.2) is 77.8 Å². The Kier molecular flexibility index (Phi) is 7.98. The number of hydrogen-bond acceptors (Lipinski definition) is 7. The number of rotatable bonds is 9. The largest absolute Gasteiger partial charge is 0.368 e. The number of amides is 1. The number of carbonyl (C=O) groups is 1. The summed E-state index contributed by atoms with van der Waals surface area (Å²) in [6, 6.07) is 6.66. The molecule has 0 radical (unpaired) electrons. The lowest BCUT2D eigenvalue weighted by Gasteiger charge is -2.38. The zero-order chi connectivity index (χ0) is 25.8. The van der Waals surface area contributed by atoms with Crippen molar-refractivity contribution in [3.05, 3.63) is 48.1 Å². The van der Waals surface area contributed by atoms with Gasteiger partial charge in [-0.05, 0) is 44.9 Å². The maximum absolute atomic E-state index is 12.9. The van der Waals surface area contributed by atoms with Gasteiger partial charge in [-0.2, -0.15) is 0 Å². The Balaban J connectivity index is 1.47. The molecule has 1 saturated carbocycles. The first kappa shape index (κ1) is 25.8. The van der Waals surface area contributed by atoms with E-state index in [-0.39, 0.29) is 11.9 Å². The maximum Gasteiger partial charge on any atom is 0.270 e. The zero-order valence-electron chi connectivity index (χ0n) is 22.0. The molecule has 2 fully saturated rings. The topological polar surface area (TPSA) is 92.5 Å². The van der Waals surface area contributed by atoms with Crippen molar-refractivity contribution < 1.29 is 4.79 Å². The third-order valence-electron chi connectivity index (χ3n) is 7.24. The molecule has 0 spiro atoms. The number of nitrogens with one attached hydrogen (secondary N) is 3. The summed E-state index contributed by atoms with van der Waals surface area (Å²) in [7, 11) is 3.51. The number of carbonyl (C=O) groups excluding carboxylic acids is 1. The summed E-state index contributed by atoms with van der Waals surface area (Å²) in [6.07, 6.45) is 7.50. The van der Waals surface area contributed by atoms with Crippen molar-refractivity contribution in [2.24, 2.45) is 0 Å². The van der Waals surface area contributed by atoms with Crippen LogP contribution in [0.4, 0.5) is 17.3 Å². The van der Waals surface area contributed by atoms with E-state index >= 15 is 0 Å². The second-order valence-electron chi connectivity index (χ2n) is 10.2. The van der Waals surface area contributed by atoms with Crippen LogP contribution in [0.2, 0.25) is 0 Å². The highest BCUT2D eigenvalue weighted by molar-refractivity contribution is 5.98. The van der Waals surface area contributed by atoms with E-state index in [4.69, 9.17) is 5.41 Å².